The van der Waals surface area contributed by atoms with Crippen molar-refractivity contribution in [1.82, 2.24) is 14.6 Å². The third kappa shape index (κ3) is 2.57. The molecule has 0 aliphatic rings. The largest absolute Gasteiger partial charge is 0.493 e. The highest BCUT2D eigenvalue weighted by atomic mass is 32.2. The maximum atomic E-state index is 11.7. The highest BCUT2D eigenvalue weighted by Crippen LogP contribution is 2.37. The van der Waals surface area contributed by atoms with Crippen LogP contribution in [0.25, 0.3) is 16.8 Å². The molecule has 0 radical (unpaired) electrons. The van der Waals surface area contributed by atoms with E-state index in [0.717, 1.165) is 5.56 Å². The number of methoxy groups -OCH3 is 2. The van der Waals surface area contributed by atoms with E-state index < -0.39 is 10.0 Å². The van der Waals surface area contributed by atoms with E-state index in [-0.39, 0.29) is 10.5 Å². The molecule has 0 atom stereocenters. The first-order valence-corrected chi connectivity index (χ1v) is 8.50. The number of benzene rings is 1. The molecule has 0 fully saturated rings. The predicted octanol–water partition coefficient (Wildman–Crippen LogP) is 1.37. The number of sulfonamides is 1. The molecule has 0 saturated carbocycles. The Balaban J connectivity index is 2.24. The van der Waals surface area contributed by atoms with Gasteiger partial charge in [-0.1, -0.05) is 12.1 Å². The second-order valence-corrected chi connectivity index (χ2v) is 6.61. The number of fused-ring (bicyclic) bond motifs is 1. The average Bonchev–Trinajstić information content (AvgIpc) is 2.88. The number of hydrogen-bond donors (Lipinski definition) is 1. The monoisotopic (exact) mass is 348 g/mol. The summed E-state index contributed by atoms with van der Waals surface area (Å²) in [6.07, 6.45) is 3.21. The highest BCUT2D eigenvalue weighted by Gasteiger charge is 2.21. The van der Waals surface area contributed by atoms with Gasteiger partial charge >= 0.3 is 0 Å². The Morgan fingerprint density at radius 2 is 1.96 bits per heavy atom. The van der Waals surface area contributed by atoms with E-state index in [1.165, 1.54) is 4.52 Å². The summed E-state index contributed by atoms with van der Waals surface area (Å²) in [4.78, 5) is 4.14. The Hall–Kier alpha value is -2.65. The standard InChI is InChI=1S/C15H16N4O4S/c1-9-14(24(16,20)21)15-17-7-10(8-19(15)18-9)11-5-4-6-12(22-2)13(11)23-3/h4-8H,1-3H3,(H2,16,20,21). The maximum absolute atomic E-state index is 11.7. The van der Waals surface area contributed by atoms with Gasteiger partial charge in [-0.3, -0.25) is 0 Å². The van der Waals surface area contributed by atoms with Crippen molar-refractivity contribution in [3.63, 3.8) is 0 Å². The highest BCUT2D eigenvalue weighted by molar-refractivity contribution is 7.89. The van der Waals surface area contributed by atoms with Gasteiger partial charge in [0.15, 0.2) is 17.1 Å². The lowest BCUT2D eigenvalue weighted by Crippen LogP contribution is -2.13. The number of primary sulfonamides is 1. The molecule has 24 heavy (non-hydrogen) atoms. The fraction of sp³-hybridized carbons (Fsp3) is 0.200. The van der Waals surface area contributed by atoms with Crippen LogP contribution in [0.15, 0.2) is 35.5 Å². The summed E-state index contributed by atoms with van der Waals surface area (Å²) >= 11 is 0. The number of ether oxygens (including phenoxy) is 2. The molecule has 9 heteroatoms. The molecule has 2 N–H and O–H groups in total. The molecule has 0 aliphatic carbocycles. The Kier molecular flexibility index (Phi) is 3.90. The first-order chi connectivity index (χ1) is 11.4. The molecule has 126 valence electrons. The molecule has 0 bridgehead atoms. The lowest BCUT2D eigenvalue weighted by molar-refractivity contribution is 0.356. The van der Waals surface area contributed by atoms with E-state index in [1.807, 2.05) is 12.1 Å². The van der Waals surface area contributed by atoms with Crippen LogP contribution in [0, 0.1) is 6.92 Å². The molecule has 0 aliphatic heterocycles. The van der Waals surface area contributed by atoms with Gasteiger partial charge in [-0.25, -0.2) is 23.1 Å². The topological polar surface area (TPSA) is 109 Å². The third-order valence-electron chi connectivity index (χ3n) is 3.59. The van der Waals surface area contributed by atoms with Crippen LogP contribution < -0.4 is 14.6 Å². The molecule has 1 aromatic carbocycles. The van der Waals surface area contributed by atoms with Gasteiger partial charge < -0.3 is 9.47 Å². The van der Waals surface area contributed by atoms with Crippen molar-refractivity contribution in [3.8, 4) is 22.6 Å². The van der Waals surface area contributed by atoms with Gasteiger partial charge in [-0.05, 0) is 13.0 Å². The van der Waals surface area contributed by atoms with Crippen LogP contribution >= 0.6 is 0 Å². The van der Waals surface area contributed by atoms with E-state index in [1.54, 1.807) is 39.6 Å². The van der Waals surface area contributed by atoms with Crippen molar-refractivity contribution in [3.05, 3.63) is 36.3 Å². The summed E-state index contributed by atoms with van der Waals surface area (Å²) in [6.45, 7) is 1.57. The lowest BCUT2D eigenvalue weighted by Gasteiger charge is -2.12. The second-order valence-electron chi connectivity index (χ2n) is 5.11. The Bertz CT molecular complexity index is 1030. The van der Waals surface area contributed by atoms with Crippen molar-refractivity contribution in [2.45, 2.75) is 11.8 Å². The van der Waals surface area contributed by atoms with E-state index in [4.69, 9.17) is 14.6 Å². The summed E-state index contributed by atoms with van der Waals surface area (Å²) in [7, 11) is -0.808. The van der Waals surface area contributed by atoms with E-state index in [0.29, 0.717) is 22.8 Å². The molecule has 0 spiro atoms. The smallest absolute Gasteiger partial charge is 0.243 e. The molecular formula is C15H16N4O4S. The number of hydrogen-bond acceptors (Lipinski definition) is 6. The summed E-state index contributed by atoms with van der Waals surface area (Å²) in [5, 5.41) is 9.43. The molecular weight excluding hydrogens is 332 g/mol. The van der Waals surface area contributed by atoms with Gasteiger partial charge in [0.1, 0.15) is 4.90 Å². The van der Waals surface area contributed by atoms with Crippen LogP contribution in [0.3, 0.4) is 0 Å². The van der Waals surface area contributed by atoms with Crippen LogP contribution in [0.5, 0.6) is 11.5 Å². The lowest BCUT2D eigenvalue weighted by atomic mass is 10.1. The van der Waals surface area contributed by atoms with Crippen LogP contribution in [0.1, 0.15) is 5.69 Å². The zero-order chi connectivity index (χ0) is 17.5. The molecule has 3 rings (SSSR count). The summed E-state index contributed by atoms with van der Waals surface area (Å²) in [5.74, 6) is 1.13. The predicted molar refractivity (Wildman–Crippen MR) is 87.6 cm³/mol. The first-order valence-electron chi connectivity index (χ1n) is 6.96. The normalized spacial score (nSPS) is 11.7. The van der Waals surface area contributed by atoms with Gasteiger partial charge in [0.2, 0.25) is 10.0 Å². The van der Waals surface area contributed by atoms with Crippen LogP contribution in [0.4, 0.5) is 0 Å². The third-order valence-corrected chi connectivity index (χ3v) is 4.64. The fourth-order valence-corrected chi connectivity index (χ4v) is 3.46. The van der Waals surface area contributed by atoms with Crippen LogP contribution in [-0.4, -0.2) is 37.2 Å². The van der Waals surface area contributed by atoms with Gasteiger partial charge in [-0.2, -0.15) is 5.10 Å². The van der Waals surface area contributed by atoms with Gasteiger partial charge in [-0.15, -0.1) is 0 Å². The number of aryl methyl sites for hydroxylation is 1. The Morgan fingerprint density at radius 3 is 2.58 bits per heavy atom. The minimum atomic E-state index is -3.91. The SMILES string of the molecule is COc1cccc(-c2cnc3c(S(N)(=O)=O)c(C)nn3c2)c1OC. The number of nitrogens with two attached hydrogens (primary N) is 1. The zero-order valence-corrected chi connectivity index (χ0v) is 14.2. The summed E-state index contributed by atoms with van der Waals surface area (Å²) in [5.41, 5.74) is 1.92. The maximum Gasteiger partial charge on any atom is 0.243 e. The molecule has 0 amide bonds. The van der Waals surface area contributed by atoms with Crippen molar-refractivity contribution in [2.75, 3.05) is 14.2 Å². The van der Waals surface area contributed by atoms with Crippen molar-refractivity contribution in [2.24, 2.45) is 5.14 Å². The first kappa shape index (κ1) is 16.2. The number of nitrogens with zero attached hydrogens (tertiary/aromatic N) is 3. The fourth-order valence-electron chi connectivity index (χ4n) is 2.61. The zero-order valence-electron chi connectivity index (χ0n) is 13.3. The van der Waals surface area contributed by atoms with Crippen molar-refractivity contribution >= 4 is 15.7 Å². The Labute approximate surface area is 138 Å². The number of rotatable bonds is 4. The van der Waals surface area contributed by atoms with Gasteiger partial charge in [0.05, 0.1) is 19.9 Å². The summed E-state index contributed by atoms with van der Waals surface area (Å²) < 4.78 is 35.5. The minimum Gasteiger partial charge on any atom is -0.493 e. The minimum absolute atomic E-state index is 0.0772. The van der Waals surface area contributed by atoms with Crippen LogP contribution in [-0.2, 0) is 10.0 Å². The number of para-hydroxylation sites is 1. The molecule has 0 saturated heterocycles. The Morgan fingerprint density at radius 1 is 1.21 bits per heavy atom. The van der Waals surface area contributed by atoms with Crippen molar-refractivity contribution < 1.29 is 17.9 Å². The van der Waals surface area contributed by atoms with E-state index in [9.17, 15) is 8.42 Å². The molecule has 3 aromatic rings. The van der Waals surface area contributed by atoms with Gasteiger partial charge in [0, 0.05) is 23.5 Å². The van der Waals surface area contributed by atoms with E-state index in [2.05, 4.69) is 10.1 Å². The number of aromatic nitrogens is 3. The molecule has 2 aromatic heterocycles. The molecule has 2 heterocycles. The van der Waals surface area contributed by atoms with Crippen molar-refractivity contribution in [1.29, 1.82) is 0 Å². The van der Waals surface area contributed by atoms with Crippen LogP contribution in [0.2, 0.25) is 0 Å². The summed E-state index contributed by atoms with van der Waals surface area (Å²) in [6, 6.07) is 5.46. The van der Waals surface area contributed by atoms with E-state index >= 15 is 0 Å². The quantitative estimate of drug-likeness (QED) is 0.763. The average molecular weight is 348 g/mol. The second kappa shape index (κ2) is 5.77. The molecule has 0 unspecified atom stereocenters. The molecule has 8 nitrogen and oxygen atoms in total. The van der Waals surface area contributed by atoms with Gasteiger partial charge in [0.25, 0.3) is 0 Å².